The van der Waals surface area contributed by atoms with Crippen molar-refractivity contribution in [1.82, 2.24) is 70.4 Å². The number of carbonyl (C=O) groups is 4. The standard InChI is InChI=1S/C46H56N14O6S2/c1-25(2)39(51-45(63)65-5)43(61)57-21-31(59-23-37(67-7)53-55-59)17-35(57)41-47-19-33(49-41)29-13-9-27(10-14-29)28-11-15-30(16-12-28)34-20-48-42(50-34)36-18-32(60-24-38(68-8)54-56-60)22-58(36)44(62)40(26(3)4)52-46(64)66-6/h9-16,19-20,23-26,31-32,35-36,39-40H,17-18,21-22H2,1-8H3,(H,47,49)(H,48,50)(H,51,63)(H,52,64)/t31-,32-,35+,36+,39+,40+/m1/s1. The molecule has 2 saturated heterocycles. The zero-order valence-corrected chi connectivity index (χ0v) is 40.7. The van der Waals surface area contributed by atoms with Crippen LogP contribution in [0.15, 0.2) is 83.4 Å². The van der Waals surface area contributed by atoms with E-state index in [4.69, 9.17) is 19.4 Å². The quantitative estimate of drug-likeness (QED) is 0.0799. The molecule has 8 rings (SSSR count). The molecule has 6 atom stereocenters. The summed E-state index contributed by atoms with van der Waals surface area (Å²) < 4.78 is 13.3. The van der Waals surface area contributed by atoms with Crippen molar-refractivity contribution in [3.63, 3.8) is 0 Å². The van der Waals surface area contributed by atoms with Gasteiger partial charge in [-0.15, -0.1) is 33.7 Å². The number of carbonyl (C=O) groups excluding carboxylic acids is 4. The number of amides is 4. The van der Waals surface area contributed by atoms with E-state index in [9.17, 15) is 19.2 Å². The average Bonchev–Trinajstić information content (AvgIpc) is 4.22. The van der Waals surface area contributed by atoms with E-state index in [1.807, 2.05) is 76.9 Å². The van der Waals surface area contributed by atoms with Crippen LogP contribution in [0, 0.1) is 11.8 Å². The van der Waals surface area contributed by atoms with Gasteiger partial charge in [0.05, 0.1) is 74.6 Å². The van der Waals surface area contributed by atoms with Crippen LogP contribution >= 0.6 is 23.5 Å². The van der Waals surface area contributed by atoms with Gasteiger partial charge in [-0.1, -0.05) is 86.7 Å². The van der Waals surface area contributed by atoms with Crippen molar-refractivity contribution in [2.75, 3.05) is 39.8 Å². The number of thioether (sulfide) groups is 2. The van der Waals surface area contributed by atoms with Gasteiger partial charge in [-0.3, -0.25) is 9.59 Å². The highest BCUT2D eigenvalue weighted by atomic mass is 32.2. The van der Waals surface area contributed by atoms with Crippen molar-refractivity contribution in [3.8, 4) is 33.6 Å². The monoisotopic (exact) mass is 964 g/mol. The number of hydrogen-bond donors (Lipinski definition) is 4. The fraction of sp³-hybridized carbons (Fsp3) is 0.435. The van der Waals surface area contributed by atoms with Crippen molar-refractivity contribution in [2.45, 2.75) is 86.8 Å². The molecule has 2 aliphatic heterocycles. The minimum Gasteiger partial charge on any atom is -0.453 e. The van der Waals surface area contributed by atoms with Crippen LogP contribution in [0.4, 0.5) is 9.59 Å². The normalized spacial score (nSPS) is 19.1. The Morgan fingerprint density at radius 3 is 1.31 bits per heavy atom. The van der Waals surface area contributed by atoms with Gasteiger partial charge in [0.1, 0.15) is 33.8 Å². The smallest absolute Gasteiger partial charge is 0.407 e. The summed E-state index contributed by atoms with van der Waals surface area (Å²) in [5.74, 6) is 0.409. The van der Waals surface area contributed by atoms with Gasteiger partial charge < -0.3 is 39.9 Å². The number of ether oxygens (including phenoxy) is 2. The molecule has 0 spiro atoms. The second kappa shape index (κ2) is 20.7. The SMILES string of the molecule is COC(=O)N[C@H](C(=O)N1C[C@H](n2cc(SC)nn2)C[C@H]1c1ncc(-c2ccc(-c3ccc(-c4cnc([C@@H]5C[C@@H](n6cc(SC)nn6)CN5C(=O)[C@@H](NC(=O)OC)C(C)C)[nH]4)cc3)cc2)[nH]1)C(C)C. The molecule has 6 heterocycles. The molecule has 0 aliphatic carbocycles. The lowest BCUT2D eigenvalue weighted by molar-refractivity contribution is -0.136. The molecule has 0 bridgehead atoms. The number of H-pyrrole nitrogens is 2. The second-order valence-corrected chi connectivity index (χ2v) is 19.2. The molecule has 0 saturated carbocycles. The van der Waals surface area contributed by atoms with Crippen molar-refractivity contribution in [3.05, 3.63) is 85.0 Å². The van der Waals surface area contributed by atoms with E-state index in [2.05, 4.69) is 65.5 Å². The van der Waals surface area contributed by atoms with Crippen LogP contribution in [-0.4, -0.2) is 136 Å². The molecule has 6 aromatic rings. The summed E-state index contributed by atoms with van der Waals surface area (Å²) in [7, 11) is 2.55. The summed E-state index contributed by atoms with van der Waals surface area (Å²) in [5, 5.41) is 24.2. The molecule has 0 unspecified atom stereocenters. The number of nitrogens with one attached hydrogen (secondary N) is 4. The van der Waals surface area contributed by atoms with Crippen LogP contribution in [0.25, 0.3) is 33.6 Å². The highest BCUT2D eigenvalue weighted by Crippen LogP contribution is 2.40. The molecule has 358 valence electrons. The van der Waals surface area contributed by atoms with Crippen LogP contribution in [-0.2, 0) is 19.1 Å². The van der Waals surface area contributed by atoms with Crippen molar-refractivity contribution < 1.29 is 28.7 Å². The highest BCUT2D eigenvalue weighted by Gasteiger charge is 2.44. The molecule has 2 fully saturated rings. The molecule has 4 aromatic heterocycles. The first-order chi connectivity index (χ1) is 32.8. The fourth-order valence-electron chi connectivity index (χ4n) is 8.83. The van der Waals surface area contributed by atoms with E-state index in [0.29, 0.717) is 37.6 Å². The Labute approximate surface area is 402 Å². The molecular weight excluding hydrogens is 909 g/mol. The maximum absolute atomic E-state index is 14.2. The number of aromatic nitrogens is 10. The summed E-state index contributed by atoms with van der Waals surface area (Å²) in [6.45, 7) is 8.25. The third-order valence-electron chi connectivity index (χ3n) is 12.6. The maximum atomic E-state index is 14.2. The van der Waals surface area contributed by atoms with Crippen LogP contribution in [0.1, 0.15) is 76.4 Å². The Hall–Kier alpha value is -6.68. The number of benzene rings is 2. The molecule has 20 nitrogen and oxygen atoms in total. The first-order valence-corrected chi connectivity index (χ1v) is 24.8. The minimum atomic E-state index is -0.801. The van der Waals surface area contributed by atoms with Crippen LogP contribution in [0.3, 0.4) is 0 Å². The van der Waals surface area contributed by atoms with Gasteiger partial charge in [-0.05, 0) is 59.4 Å². The molecule has 0 radical (unpaired) electrons. The minimum absolute atomic E-state index is 0.153. The molecule has 68 heavy (non-hydrogen) atoms. The van der Waals surface area contributed by atoms with Gasteiger partial charge in [0.15, 0.2) is 0 Å². The van der Waals surface area contributed by atoms with Crippen LogP contribution < -0.4 is 10.6 Å². The molecule has 22 heteroatoms. The zero-order chi connectivity index (χ0) is 48.2. The third-order valence-corrected chi connectivity index (χ3v) is 13.8. The Morgan fingerprint density at radius 2 is 0.985 bits per heavy atom. The largest absolute Gasteiger partial charge is 0.453 e. The van der Waals surface area contributed by atoms with Gasteiger partial charge >= 0.3 is 12.2 Å². The Bertz CT molecular complexity index is 2530. The number of nitrogens with zero attached hydrogens (tertiary/aromatic N) is 10. The predicted octanol–water partition coefficient (Wildman–Crippen LogP) is 6.55. The van der Waals surface area contributed by atoms with Crippen molar-refractivity contribution in [1.29, 1.82) is 0 Å². The van der Waals surface area contributed by atoms with Gasteiger partial charge in [-0.25, -0.2) is 28.9 Å². The Morgan fingerprint density at radius 1 is 0.618 bits per heavy atom. The summed E-state index contributed by atoms with van der Waals surface area (Å²) in [6.07, 6.45) is 10.9. The highest BCUT2D eigenvalue weighted by molar-refractivity contribution is 7.98. The van der Waals surface area contributed by atoms with Crippen LogP contribution in [0.5, 0.6) is 0 Å². The summed E-state index contributed by atoms with van der Waals surface area (Å²) >= 11 is 2.99. The number of rotatable bonds is 15. The zero-order valence-electron chi connectivity index (χ0n) is 39.1. The first-order valence-electron chi connectivity index (χ1n) is 22.3. The van der Waals surface area contributed by atoms with E-state index in [-0.39, 0.29) is 35.7 Å². The third kappa shape index (κ3) is 10.1. The lowest BCUT2D eigenvalue weighted by Gasteiger charge is -2.29. The van der Waals surface area contributed by atoms with Crippen molar-refractivity contribution >= 4 is 47.5 Å². The van der Waals surface area contributed by atoms with Gasteiger partial charge in [-0.2, -0.15) is 0 Å². The number of likely N-dealkylation sites (tertiary alicyclic amines) is 2. The van der Waals surface area contributed by atoms with Gasteiger partial charge in [0.25, 0.3) is 0 Å². The Kier molecular flexibility index (Phi) is 14.5. The van der Waals surface area contributed by atoms with Gasteiger partial charge in [0, 0.05) is 13.1 Å². The molecule has 4 N–H and O–H groups in total. The number of methoxy groups -OCH3 is 2. The molecule has 2 aromatic carbocycles. The van der Waals surface area contributed by atoms with E-state index in [0.717, 1.165) is 43.7 Å². The summed E-state index contributed by atoms with van der Waals surface area (Å²) in [4.78, 5) is 72.9. The molecular formula is C46H56N14O6S2. The Balaban J connectivity index is 0.981. The van der Waals surface area contributed by atoms with E-state index in [1.165, 1.54) is 37.7 Å². The summed E-state index contributed by atoms with van der Waals surface area (Å²) in [6, 6.07) is 13.6. The number of hydrogen-bond acceptors (Lipinski definition) is 14. The summed E-state index contributed by atoms with van der Waals surface area (Å²) in [5.41, 5.74) is 5.47. The van der Waals surface area contributed by atoms with E-state index < -0.39 is 36.4 Å². The predicted molar refractivity (Wildman–Crippen MR) is 255 cm³/mol. The van der Waals surface area contributed by atoms with E-state index >= 15 is 0 Å². The lowest BCUT2D eigenvalue weighted by atomic mass is 10.0. The van der Waals surface area contributed by atoms with Crippen LogP contribution in [0.2, 0.25) is 0 Å². The number of alkyl carbamates (subject to hydrolysis) is 2. The topological polar surface area (TPSA) is 236 Å². The lowest BCUT2D eigenvalue weighted by Crippen LogP contribution is -2.51. The fourth-order valence-corrected chi connectivity index (χ4v) is 9.49. The second-order valence-electron chi connectivity index (χ2n) is 17.5. The number of imidazole rings is 2. The maximum Gasteiger partial charge on any atom is 0.407 e. The molecule has 4 amide bonds. The van der Waals surface area contributed by atoms with E-state index in [1.54, 1.807) is 31.6 Å². The van der Waals surface area contributed by atoms with Gasteiger partial charge in [0.2, 0.25) is 11.8 Å². The van der Waals surface area contributed by atoms with Crippen molar-refractivity contribution in [2.24, 2.45) is 11.8 Å². The molecule has 2 aliphatic rings. The average molecular weight is 965 g/mol. The first kappa shape index (κ1) is 47.8. The number of aromatic amines is 2.